The van der Waals surface area contributed by atoms with Crippen LogP contribution in [0.2, 0.25) is 5.02 Å². The third-order valence-electron chi connectivity index (χ3n) is 3.27. The average molecular weight is 432 g/mol. The summed E-state index contributed by atoms with van der Waals surface area (Å²) in [5, 5.41) is 21.0. The van der Waals surface area contributed by atoms with Gasteiger partial charge >= 0.3 is 12.1 Å². The van der Waals surface area contributed by atoms with Crippen molar-refractivity contribution in [1.82, 2.24) is 5.32 Å². The molecule has 0 amide bonds. The second-order valence-corrected chi connectivity index (χ2v) is 7.16. The van der Waals surface area contributed by atoms with Gasteiger partial charge in [0, 0.05) is 17.6 Å². The van der Waals surface area contributed by atoms with Crippen LogP contribution in [0.5, 0.6) is 5.75 Å². The van der Waals surface area contributed by atoms with Gasteiger partial charge in [-0.05, 0) is 56.0 Å². The van der Waals surface area contributed by atoms with Crippen LogP contribution in [-0.2, 0) is 4.79 Å². The lowest BCUT2D eigenvalue weighted by atomic mass is 10.2. The summed E-state index contributed by atoms with van der Waals surface area (Å²) in [5.41, 5.74) is 0.975. The Morgan fingerprint density at radius 3 is 2.48 bits per heavy atom. The maximum Gasteiger partial charge on any atom is 0.490 e. The van der Waals surface area contributed by atoms with Crippen LogP contribution in [0, 0.1) is 6.92 Å². The van der Waals surface area contributed by atoms with Crippen molar-refractivity contribution in [2.75, 3.05) is 25.2 Å². The average Bonchev–Trinajstić information content (AvgIpc) is 2.58. The van der Waals surface area contributed by atoms with Crippen LogP contribution in [0.25, 0.3) is 0 Å². The van der Waals surface area contributed by atoms with Gasteiger partial charge in [-0.3, -0.25) is 0 Å². The molecule has 0 aromatic heterocycles. The van der Waals surface area contributed by atoms with Crippen LogP contribution in [0.4, 0.5) is 13.2 Å². The minimum Gasteiger partial charge on any atom is -0.491 e. The molecule has 27 heavy (non-hydrogen) atoms. The molecule has 1 aromatic rings. The SMILES string of the molecule is CSCCC(C)NCC(O)COc1ccc(Cl)c(C)c1.O=C(O)C(F)(F)F. The normalized spacial score (nSPS) is 13.3. The number of thioether (sulfide) groups is 1. The molecule has 0 aliphatic heterocycles. The summed E-state index contributed by atoms with van der Waals surface area (Å²) >= 11 is 7.79. The number of rotatable bonds is 9. The maximum absolute atomic E-state index is 10.6. The third kappa shape index (κ3) is 12.8. The number of carboxylic acid groups (broad SMARTS) is 1. The molecule has 0 aliphatic rings. The summed E-state index contributed by atoms with van der Waals surface area (Å²) in [5.74, 6) is -0.890. The topological polar surface area (TPSA) is 78.8 Å². The highest BCUT2D eigenvalue weighted by molar-refractivity contribution is 7.98. The number of aliphatic hydroxyl groups is 1. The highest BCUT2D eigenvalue weighted by atomic mass is 35.5. The van der Waals surface area contributed by atoms with Crippen molar-refractivity contribution in [3.8, 4) is 5.75 Å². The van der Waals surface area contributed by atoms with Crippen molar-refractivity contribution in [1.29, 1.82) is 0 Å². The molecule has 0 spiro atoms. The maximum atomic E-state index is 10.6. The van der Waals surface area contributed by atoms with E-state index in [2.05, 4.69) is 18.5 Å². The molecule has 2 unspecified atom stereocenters. The first-order valence-electron chi connectivity index (χ1n) is 8.06. The first kappa shape index (κ1) is 25.8. The number of ether oxygens (including phenoxy) is 1. The van der Waals surface area contributed by atoms with E-state index < -0.39 is 18.2 Å². The number of halogens is 4. The van der Waals surface area contributed by atoms with E-state index in [-0.39, 0.29) is 6.61 Å². The molecule has 0 bridgehead atoms. The summed E-state index contributed by atoms with van der Waals surface area (Å²) in [4.78, 5) is 8.90. The number of benzene rings is 1. The lowest BCUT2D eigenvalue weighted by Crippen LogP contribution is -2.36. The molecular weight excluding hydrogens is 407 g/mol. The highest BCUT2D eigenvalue weighted by Gasteiger charge is 2.38. The van der Waals surface area contributed by atoms with E-state index in [1.54, 1.807) is 6.07 Å². The van der Waals surface area contributed by atoms with Crippen LogP contribution in [0.1, 0.15) is 18.9 Å². The van der Waals surface area contributed by atoms with Crippen LogP contribution >= 0.6 is 23.4 Å². The van der Waals surface area contributed by atoms with Crippen LogP contribution in [0.3, 0.4) is 0 Å². The second-order valence-electron chi connectivity index (χ2n) is 5.77. The Bertz CT molecular complexity index is 576. The Morgan fingerprint density at radius 2 is 2.00 bits per heavy atom. The van der Waals surface area contributed by atoms with Gasteiger partial charge < -0.3 is 20.3 Å². The van der Waals surface area contributed by atoms with Crippen molar-refractivity contribution in [2.24, 2.45) is 0 Å². The van der Waals surface area contributed by atoms with Gasteiger partial charge in [0.15, 0.2) is 0 Å². The van der Waals surface area contributed by atoms with Gasteiger partial charge in [-0.1, -0.05) is 11.6 Å². The lowest BCUT2D eigenvalue weighted by molar-refractivity contribution is -0.192. The van der Waals surface area contributed by atoms with Crippen LogP contribution in [0.15, 0.2) is 18.2 Å². The molecule has 2 atom stereocenters. The zero-order chi connectivity index (χ0) is 21.0. The molecule has 0 saturated carbocycles. The van der Waals surface area contributed by atoms with Gasteiger partial charge in [0.2, 0.25) is 0 Å². The number of aryl methyl sites for hydroxylation is 1. The standard InChI is InChI=1S/C15H24ClNO2S.C2HF3O2/c1-11-8-14(4-5-15(11)16)19-10-13(18)9-17-12(2)6-7-20-3;3-2(4,5)1(6)7/h4-5,8,12-13,17-18H,6-7,9-10H2,1-3H3;(H,6,7). The Hall–Kier alpha value is -1.16. The minimum absolute atomic E-state index is 0.281. The zero-order valence-electron chi connectivity index (χ0n) is 15.3. The number of nitrogens with one attached hydrogen (secondary N) is 1. The van der Waals surface area contributed by atoms with E-state index in [9.17, 15) is 18.3 Å². The Balaban J connectivity index is 0.000000821. The third-order valence-corrected chi connectivity index (χ3v) is 4.34. The number of carbonyl (C=O) groups is 1. The molecule has 0 radical (unpaired) electrons. The van der Waals surface area contributed by atoms with E-state index in [1.165, 1.54) is 0 Å². The molecule has 1 rings (SSSR count). The number of alkyl halides is 3. The second kappa shape index (κ2) is 13.1. The van der Waals surface area contributed by atoms with Gasteiger partial charge in [-0.2, -0.15) is 24.9 Å². The first-order valence-corrected chi connectivity index (χ1v) is 9.84. The van der Waals surface area contributed by atoms with E-state index in [1.807, 2.05) is 30.8 Å². The molecule has 3 N–H and O–H groups in total. The van der Waals surface area contributed by atoms with E-state index in [0.717, 1.165) is 28.5 Å². The van der Waals surface area contributed by atoms with E-state index >= 15 is 0 Å². The van der Waals surface area contributed by atoms with Gasteiger partial charge in [0.05, 0.1) is 0 Å². The Kier molecular flexibility index (Phi) is 12.5. The number of hydrogen-bond donors (Lipinski definition) is 3. The largest absolute Gasteiger partial charge is 0.491 e. The zero-order valence-corrected chi connectivity index (χ0v) is 16.9. The molecule has 0 saturated heterocycles. The summed E-state index contributed by atoms with van der Waals surface area (Å²) in [7, 11) is 0. The number of aliphatic carboxylic acids is 1. The molecule has 10 heteroatoms. The van der Waals surface area contributed by atoms with Crippen molar-refractivity contribution in [3.05, 3.63) is 28.8 Å². The lowest BCUT2D eigenvalue weighted by Gasteiger charge is -2.17. The fourth-order valence-corrected chi connectivity index (χ4v) is 2.40. The molecule has 156 valence electrons. The molecule has 1 aromatic carbocycles. The van der Waals surface area contributed by atoms with Crippen molar-refractivity contribution in [3.63, 3.8) is 0 Å². The van der Waals surface area contributed by atoms with Crippen molar-refractivity contribution in [2.45, 2.75) is 38.6 Å². The minimum atomic E-state index is -5.08. The summed E-state index contributed by atoms with van der Waals surface area (Å²) < 4.78 is 37.3. The Morgan fingerprint density at radius 1 is 1.41 bits per heavy atom. The summed E-state index contributed by atoms with van der Waals surface area (Å²) in [6.07, 6.45) is -2.39. The predicted octanol–water partition coefficient (Wildman–Crippen LogP) is 3.75. The molecular formula is C17H25ClF3NO4S. The van der Waals surface area contributed by atoms with Crippen LogP contribution in [-0.4, -0.2) is 59.7 Å². The molecule has 0 aliphatic carbocycles. The smallest absolute Gasteiger partial charge is 0.490 e. The highest BCUT2D eigenvalue weighted by Crippen LogP contribution is 2.21. The molecule has 0 fully saturated rings. The van der Waals surface area contributed by atoms with Crippen LogP contribution < -0.4 is 10.1 Å². The fraction of sp³-hybridized carbons (Fsp3) is 0.588. The van der Waals surface area contributed by atoms with Gasteiger partial charge in [-0.15, -0.1) is 0 Å². The number of hydrogen-bond acceptors (Lipinski definition) is 5. The van der Waals surface area contributed by atoms with Crippen molar-refractivity contribution >= 4 is 29.3 Å². The van der Waals surface area contributed by atoms with E-state index in [4.69, 9.17) is 26.2 Å². The van der Waals surface area contributed by atoms with Crippen molar-refractivity contribution < 1.29 is 32.9 Å². The fourth-order valence-electron chi connectivity index (χ4n) is 1.69. The quantitative estimate of drug-likeness (QED) is 0.552. The monoisotopic (exact) mass is 431 g/mol. The summed E-state index contributed by atoms with van der Waals surface area (Å²) in [6, 6.07) is 5.91. The van der Waals surface area contributed by atoms with Gasteiger partial charge in [0.25, 0.3) is 0 Å². The molecule has 5 nitrogen and oxygen atoms in total. The van der Waals surface area contributed by atoms with Gasteiger partial charge in [0.1, 0.15) is 18.5 Å². The van der Waals surface area contributed by atoms with E-state index in [0.29, 0.717) is 12.6 Å². The summed E-state index contributed by atoms with van der Waals surface area (Å²) in [6.45, 7) is 4.89. The number of aliphatic hydroxyl groups excluding tert-OH is 1. The first-order chi connectivity index (χ1) is 12.5. The Labute approximate surface area is 166 Å². The van der Waals surface area contributed by atoms with Gasteiger partial charge in [-0.25, -0.2) is 4.79 Å². The molecule has 0 heterocycles. The number of carboxylic acids is 1. The predicted molar refractivity (Wildman–Crippen MR) is 102 cm³/mol.